The molecule has 1 aliphatic heterocycles. The van der Waals surface area contributed by atoms with E-state index in [4.69, 9.17) is 4.74 Å². The van der Waals surface area contributed by atoms with Crippen LogP contribution in [-0.4, -0.2) is 17.3 Å². The fourth-order valence-electron chi connectivity index (χ4n) is 4.85. The maximum Gasteiger partial charge on any atom is 0.0855 e. The van der Waals surface area contributed by atoms with Crippen LogP contribution >= 0.6 is 0 Å². The van der Waals surface area contributed by atoms with Crippen LogP contribution in [-0.2, 0) is 11.2 Å². The molecule has 0 amide bonds. The molecule has 0 spiro atoms. The first-order valence-electron chi connectivity index (χ1n) is 8.29. The van der Waals surface area contributed by atoms with Gasteiger partial charge in [0.2, 0.25) is 0 Å². The molecule has 1 aliphatic carbocycles. The van der Waals surface area contributed by atoms with E-state index in [0.29, 0.717) is 5.92 Å². The zero-order valence-corrected chi connectivity index (χ0v) is 13.6. The Morgan fingerprint density at radius 2 is 2.00 bits per heavy atom. The highest BCUT2D eigenvalue weighted by Crippen LogP contribution is 2.48. The van der Waals surface area contributed by atoms with Crippen molar-refractivity contribution in [2.75, 3.05) is 6.61 Å². The minimum atomic E-state index is -0.587. The summed E-state index contributed by atoms with van der Waals surface area (Å²) in [6.45, 7) is 7.60. The van der Waals surface area contributed by atoms with Crippen molar-refractivity contribution in [1.82, 2.24) is 0 Å². The monoisotopic (exact) mass is 288 g/mol. The first-order chi connectivity index (χ1) is 9.87. The third-order valence-electron chi connectivity index (χ3n) is 5.09. The molecule has 2 heteroatoms. The lowest BCUT2D eigenvalue weighted by atomic mass is 9.64. The number of hydrogen-bond donors (Lipinski definition) is 1. The molecule has 2 aliphatic rings. The van der Waals surface area contributed by atoms with Gasteiger partial charge >= 0.3 is 0 Å². The molecule has 0 saturated heterocycles. The molecule has 0 radical (unpaired) electrons. The summed E-state index contributed by atoms with van der Waals surface area (Å²) in [4.78, 5) is 0. The molecule has 1 aromatic rings. The van der Waals surface area contributed by atoms with Gasteiger partial charge in [-0.2, -0.15) is 0 Å². The van der Waals surface area contributed by atoms with Crippen molar-refractivity contribution in [2.24, 2.45) is 11.3 Å². The Morgan fingerprint density at radius 1 is 1.24 bits per heavy atom. The van der Waals surface area contributed by atoms with Gasteiger partial charge in [-0.05, 0) is 48.1 Å². The lowest BCUT2D eigenvalue weighted by Gasteiger charge is -2.46. The van der Waals surface area contributed by atoms with E-state index in [9.17, 15) is 5.11 Å². The van der Waals surface area contributed by atoms with Crippen molar-refractivity contribution in [3.63, 3.8) is 0 Å². The first-order valence-corrected chi connectivity index (χ1v) is 8.29. The van der Waals surface area contributed by atoms with Gasteiger partial charge in [-0.25, -0.2) is 0 Å². The van der Waals surface area contributed by atoms with Crippen LogP contribution in [0.1, 0.15) is 63.7 Å². The molecule has 3 atom stereocenters. The summed E-state index contributed by atoms with van der Waals surface area (Å²) in [5, 5.41) is 11.2. The molecule has 0 aromatic heterocycles. The zero-order chi connectivity index (χ0) is 15.1. The molecule has 21 heavy (non-hydrogen) atoms. The largest absolute Gasteiger partial charge is 0.390 e. The van der Waals surface area contributed by atoms with E-state index in [1.807, 2.05) is 0 Å². The van der Waals surface area contributed by atoms with Gasteiger partial charge in [0.15, 0.2) is 0 Å². The van der Waals surface area contributed by atoms with Gasteiger partial charge in [0.25, 0.3) is 0 Å². The van der Waals surface area contributed by atoms with Crippen LogP contribution in [0.4, 0.5) is 0 Å². The molecular formula is C19H28O2. The van der Waals surface area contributed by atoms with E-state index in [1.54, 1.807) is 0 Å². The molecule has 116 valence electrons. The Hall–Kier alpha value is -0.860. The molecule has 0 bridgehead atoms. The van der Waals surface area contributed by atoms with Gasteiger partial charge in [0, 0.05) is 6.42 Å². The number of aliphatic hydroxyl groups is 1. The molecule has 1 heterocycles. The van der Waals surface area contributed by atoms with Gasteiger partial charge in [-0.3, -0.25) is 0 Å². The molecular weight excluding hydrogens is 260 g/mol. The van der Waals surface area contributed by atoms with Crippen molar-refractivity contribution in [1.29, 1.82) is 0 Å². The summed E-state index contributed by atoms with van der Waals surface area (Å²) in [5.74, 6) is 0.581. The minimum absolute atomic E-state index is 0.0565. The second kappa shape index (κ2) is 5.40. The summed E-state index contributed by atoms with van der Waals surface area (Å²) in [7, 11) is 0. The molecule has 1 aromatic carbocycles. The van der Waals surface area contributed by atoms with Crippen LogP contribution in [0, 0.1) is 11.3 Å². The Bertz CT molecular complexity index is 508. The lowest BCUT2D eigenvalue weighted by molar-refractivity contribution is -0.1000. The van der Waals surface area contributed by atoms with E-state index < -0.39 is 5.60 Å². The summed E-state index contributed by atoms with van der Waals surface area (Å²) >= 11 is 0. The van der Waals surface area contributed by atoms with Crippen molar-refractivity contribution in [3.8, 4) is 0 Å². The van der Waals surface area contributed by atoms with Crippen molar-refractivity contribution < 1.29 is 9.84 Å². The van der Waals surface area contributed by atoms with Crippen molar-refractivity contribution in [2.45, 2.75) is 64.6 Å². The highest BCUT2D eigenvalue weighted by molar-refractivity contribution is 5.31. The molecule has 1 saturated carbocycles. The fraction of sp³-hybridized carbons (Fsp3) is 0.684. The van der Waals surface area contributed by atoms with Gasteiger partial charge in [0.05, 0.1) is 18.3 Å². The Balaban J connectivity index is 1.80. The van der Waals surface area contributed by atoms with Crippen LogP contribution in [0.25, 0.3) is 0 Å². The van der Waals surface area contributed by atoms with E-state index in [1.165, 1.54) is 17.5 Å². The third-order valence-corrected chi connectivity index (χ3v) is 5.09. The second-order valence-corrected chi connectivity index (χ2v) is 8.09. The molecule has 2 nitrogen and oxygen atoms in total. The van der Waals surface area contributed by atoms with Gasteiger partial charge in [-0.15, -0.1) is 0 Å². The quantitative estimate of drug-likeness (QED) is 0.880. The lowest BCUT2D eigenvalue weighted by Crippen LogP contribution is -2.43. The summed E-state index contributed by atoms with van der Waals surface area (Å²) < 4.78 is 6.02. The summed E-state index contributed by atoms with van der Waals surface area (Å²) in [6.07, 6.45) is 4.77. The predicted octanol–water partition coefficient (Wildman–Crippen LogP) is 4.27. The first kappa shape index (κ1) is 15.1. The van der Waals surface area contributed by atoms with Crippen molar-refractivity contribution >= 4 is 0 Å². The number of benzene rings is 1. The highest BCUT2D eigenvalue weighted by atomic mass is 16.5. The number of fused-ring (bicyclic) bond motifs is 1. The molecule has 3 unspecified atom stereocenters. The fourth-order valence-corrected chi connectivity index (χ4v) is 4.85. The van der Waals surface area contributed by atoms with Crippen LogP contribution in [0.3, 0.4) is 0 Å². The predicted molar refractivity (Wildman–Crippen MR) is 85.2 cm³/mol. The minimum Gasteiger partial charge on any atom is -0.390 e. The van der Waals surface area contributed by atoms with E-state index in [-0.39, 0.29) is 11.5 Å². The van der Waals surface area contributed by atoms with Gasteiger partial charge in [-0.1, -0.05) is 45.0 Å². The molecule has 1 N–H and O–H groups in total. The maximum atomic E-state index is 11.2. The Morgan fingerprint density at radius 3 is 2.76 bits per heavy atom. The Labute approximate surface area is 128 Å². The summed E-state index contributed by atoms with van der Waals surface area (Å²) in [5.41, 5.74) is 2.31. The van der Waals surface area contributed by atoms with E-state index in [0.717, 1.165) is 32.3 Å². The normalized spacial score (nSPS) is 35.2. The number of hydrogen-bond acceptors (Lipinski definition) is 2. The Kier molecular flexibility index (Phi) is 3.87. The topological polar surface area (TPSA) is 29.5 Å². The zero-order valence-electron chi connectivity index (χ0n) is 13.6. The van der Waals surface area contributed by atoms with E-state index >= 15 is 0 Å². The summed E-state index contributed by atoms with van der Waals surface area (Å²) in [6, 6.07) is 8.54. The average molecular weight is 288 g/mol. The number of rotatable bonds is 2. The second-order valence-electron chi connectivity index (χ2n) is 8.09. The highest BCUT2D eigenvalue weighted by Gasteiger charge is 2.43. The molecule has 3 rings (SSSR count). The average Bonchev–Trinajstić information content (AvgIpc) is 2.35. The van der Waals surface area contributed by atoms with Crippen molar-refractivity contribution in [3.05, 3.63) is 35.4 Å². The SMILES string of the molecule is CC1CC(C)(C)CC(O)(CC2OCCc3ccccc32)C1. The van der Waals surface area contributed by atoms with Crippen LogP contribution in [0.2, 0.25) is 0 Å². The van der Waals surface area contributed by atoms with Crippen LogP contribution < -0.4 is 0 Å². The van der Waals surface area contributed by atoms with Gasteiger partial charge in [0.1, 0.15) is 0 Å². The standard InChI is InChI=1S/C19H28O2/c1-14-10-18(2,3)13-19(20,11-14)12-17-16-7-5-4-6-15(16)8-9-21-17/h4-7,14,17,20H,8-13H2,1-3H3. The van der Waals surface area contributed by atoms with Crippen LogP contribution in [0.15, 0.2) is 24.3 Å². The van der Waals surface area contributed by atoms with Crippen LogP contribution in [0.5, 0.6) is 0 Å². The maximum absolute atomic E-state index is 11.2. The smallest absolute Gasteiger partial charge is 0.0855 e. The van der Waals surface area contributed by atoms with E-state index in [2.05, 4.69) is 45.0 Å². The molecule has 1 fully saturated rings. The third kappa shape index (κ3) is 3.32. The number of ether oxygens (including phenoxy) is 1. The van der Waals surface area contributed by atoms with Gasteiger partial charge < -0.3 is 9.84 Å².